The molecule has 7 heteroatoms. The van der Waals surface area contributed by atoms with Gasteiger partial charge in [-0.25, -0.2) is 8.42 Å². The molecule has 1 saturated heterocycles. The zero-order chi connectivity index (χ0) is 10.3. The van der Waals surface area contributed by atoms with Crippen molar-refractivity contribution in [1.82, 2.24) is 4.31 Å². The van der Waals surface area contributed by atoms with Gasteiger partial charge in [-0.2, -0.15) is 4.31 Å². The van der Waals surface area contributed by atoms with E-state index in [1.165, 1.54) is 15.6 Å². The summed E-state index contributed by atoms with van der Waals surface area (Å²) in [6.07, 6.45) is 0. The minimum atomic E-state index is -3.30. The maximum absolute atomic E-state index is 11.9. The molecule has 0 saturated carbocycles. The van der Waals surface area contributed by atoms with Gasteiger partial charge in [0, 0.05) is 23.6 Å². The van der Waals surface area contributed by atoms with E-state index in [0.29, 0.717) is 21.8 Å². The molecule has 1 aromatic heterocycles. The smallest absolute Gasteiger partial charge is 0.253 e. The van der Waals surface area contributed by atoms with Crippen molar-refractivity contribution >= 4 is 37.3 Å². The molecule has 14 heavy (non-hydrogen) atoms. The highest BCUT2D eigenvalue weighted by atomic mass is 79.9. The molecule has 0 bridgehead atoms. The highest BCUT2D eigenvalue weighted by Gasteiger charge is 2.36. The molecule has 1 fully saturated rings. The second-order valence-electron chi connectivity index (χ2n) is 3.14. The van der Waals surface area contributed by atoms with Gasteiger partial charge in [0.15, 0.2) is 0 Å². The molecule has 1 aromatic rings. The van der Waals surface area contributed by atoms with Gasteiger partial charge in [0.2, 0.25) is 0 Å². The van der Waals surface area contributed by atoms with Gasteiger partial charge in [0.25, 0.3) is 10.0 Å². The van der Waals surface area contributed by atoms with Gasteiger partial charge >= 0.3 is 0 Å². The summed E-state index contributed by atoms with van der Waals surface area (Å²) in [5, 5.41) is 1.75. The van der Waals surface area contributed by atoms with Gasteiger partial charge in [-0.3, -0.25) is 0 Å². The predicted octanol–water partition coefficient (Wildman–Crippen LogP) is 0.842. The van der Waals surface area contributed by atoms with Crippen molar-refractivity contribution in [3.8, 4) is 0 Å². The van der Waals surface area contributed by atoms with Crippen molar-refractivity contribution in [3.05, 3.63) is 15.9 Å². The average Bonchev–Trinajstić information content (AvgIpc) is 2.46. The molecule has 2 N–H and O–H groups in total. The Hall–Kier alpha value is 0.0500. The molecular formula is C7H9BrN2O2S2. The molecule has 0 atom stereocenters. The van der Waals surface area contributed by atoms with Gasteiger partial charge in [-0.05, 0) is 27.4 Å². The summed E-state index contributed by atoms with van der Waals surface area (Å²) in [6, 6.07) is 1.72. The fourth-order valence-electron chi connectivity index (χ4n) is 1.25. The maximum Gasteiger partial charge on any atom is 0.253 e. The number of hydrogen-bond donors (Lipinski definition) is 1. The van der Waals surface area contributed by atoms with E-state index < -0.39 is 10.0 Å². The second-order valence-corrected chi connectivity index (χ2v) is 7.04. The third-order valence-electron chi connectivity index (χ3n) is 2.03. The van der Waals surface area contributed by atoms with E-state index in [1.807, 2.05) is 0 Å². The molecular weight excluding hydrogens is 288 g/mol. The van der Waals surface area contributed by atoms with E-state index in [-0.39, 0.29) is 6.04 Å². The van der Waals surface area contributed by atoms with Gasteiger partial charge < -0.3 is 5.73 Å². The molecule has 0 aliphatic carbocycles. The third kappa shape index (κ3) is 1.63. The number of nitrogens with zero attached hydrogens (tertiary/aromatic N) is 1. The number of halogens is 1. The van der Waals surface area contributed by atoms with E-state index >= 15 is 0 Å². The van der Waals surface area contributed by atoms with Crippen molar-refractivity contribution < 1.29 is 8.42 Å². The molecule has 2 heterocycles. The van der Waals surface area contributed by atoms with E-state index in [9.17, 15) is 8.42 Å². The largest absolute Gasteiger partial charge is 0.325 e. The molecule has 0 aromatic carbocycles. The van der Waals surface area contributed by atoms with Gasteiger partial charge in [-0.1, -0.05) is 0 Å². The first kappa shape index (κ1) is 10.6. The van der Waals surface area contributed by atoms with Crippen LogP contribution in [0.25, 0.3) is 0 Å². The molecule has 1 aliphatic heterocycles. The van der Waals surface area contributed by atoms with Crippen LogP contribution in [-0.4, -0.2) is 31.9 Å². The van der Waals surface area contributed by atoms with Crippen LogP contribution in [0.4, 0.5) is 0 Å². The summed E-state index contributed by atoms with van der Waals surface area (Å²) in [4.78, 5) is 0. The molecule has 0 unspecified atom stereocenters. The van der Waals surface area contributed by atoms with Crippen LogP contribution in [0.1, 0.15) is 0 Å². The molecule has 4 nitrogen and oxygen atoms in total. The lowest BCUT2D eigenvalue weighted by Crippen LogP contribution is -2.57. The SMILES string of the molecule is NC1CN(S(=O)(=O)c2sccc2Br)C1. The minimum absolute atomic E-state index is 0.0106. The minimum Gasteiger partial charge on any atom is -0.325 e. The monoisotopic (exact) mass is 296 g/mol. The third-order valence-corrected chi connectivity index (χ3v) is 6.51. The summed E-state index contributed by atoms with van der Waals surface area (Å²) in [6.45, 7) is 0.847. The Balaban J connectivity index is 2.30. The fourth-order valence-corrected chi connectivity index (χ4v) is 5.25. The van der Waals surface area contributed by atoms with E-state index in [1.54, 1.807) is 11.4 Å². The highest BCUT2D eigenvalue weighted by Crippen LogP contribution is 2.31. The molecule has 0 amide bonds. The van der Waals surface area contributed by atoms with Gasteiger partial charge in [0.1, 0.15) is 4.21 Å². The zero-order valence-corrected chi connectivity index (χ0v) is 10.4. The standard InChI is InChI=1S/C7H9BrN2O2S2/c8-6-1-2-13-7(6)14(11,12)10-3-5(9)4-10/h1-2,5H,3-4,9H2. The topological polar surface area (TPSA) is 63.4 Å². The number of nitrogens with two attached hydrogens (primary N) is 1. The van der Waals surface area contributed by atoms with Crippen LogP contribution < -0.4 is 5.73 Å². The first-order valence-corrected chi connectivity index (χ1v) is 7.12. The molecule has 2 rings (SSSR count). The Morgan fingerprint density at radius 1 is 1.57 bits per heavy atom. The van der Waals surface area contributed by atoms with Crippen LogP contribution in [0.3, 0.4) is 0 Å². The summed E-state index contributed by atoms with van der Waals surface area (Å²) >= 11 is 4.43. The normalized spacial score (nSPS) is 19.6. The summed E-state index contributed by atoms with van der Waals surface area (Å²) in [5.41, 5.74) is 5.54. The summed E-state index contributed by atoms with van der Waals surface area (Å²) in [7, 11) is -3.30. The zero-order valence-electron chi connectivity index (χ0n) is 7.18. The van der Waals surface area contributed by atoms with Crippen LogP contribution in [0.15, 0.2) is 20.1 Å². The lowest BCUT2D eigenvalue weighted by atomic mass is 10.2. The first-order valence-electron chi connectivity index (χ1n) is 4.00. The number of thiophene rings is 1. The Morgan fingerprint density at radius 2 is 2.21 bits per heavy atom. The predicted molar refractivity (Wildman–Crippen MR) is 58.8 cm³/mol. The lowest BCUT2D eigenvalue weighted by Gasteiger charge is -2.35. The molecule has 78 valence electrons. The van der Waals surface area contributed by atoms with Crippen LogP contribution in [0.2, 0.25) is 0 Å². The maximum atomic E-state index is 11.9. The van der Waals surface area contributed by atoms with Crippen molar-refractivity contribution in [1.29, 1.82) is 0 Å². The van der Waals surface area contributed by atoms with E-state index in [4.69, 9.17) is 5.73 Å². The summed E-state index contributed by atoms with van der Waals surface area (Å²) < 4.78 is 26.2. The van der Waals surface area contributed by atoms with Crippen molar-refractivity contribution in [3.63, 3.8) is 0 Å². The Morgan fingerprint density at radius 3 is 2.64 bits per heavy atom. The fraction of sp³-hybridized carbons (Fsp3) is 0.429. The Kier molecular flexibility index (Phi) is 2.69. The number of sulfonamides is 1. The highest BCUT2D eigenvalue weighted by molar-refractivity contribution is 9.10. The van der Waals surface area contributed by atoms with Crippen LogP contribution in [0.5, 0.6) is 0 Å². The van der Waals surface area contributed by atoms with E-state index in [0.717, 1.165) is 0 Å². The quantitative estimate of drug-likeness (QED) is 0.880. The molecule has 0 spiro atoms. The first-order chi connectivity index (χ1) is 6.51. The van der Waals surface area contributed by atoms with Gasteiger partial charge in [0.05, 0.1) is 0 Å². The Labute approximate surface area is 94.9 Å². The van der Waals surface area contributed by atoms with Crippen LogP contribution in [-0.2, 0) is 10.0 Å². The molecule has 0 radical (unpaired) electrons. The molecule has 1 aliphatic rings. The van der Waals surface area contributed by atoms with Crippen LogP contribution >= 0.6 is 27.3 Å². The van der Waals surface area contributed by atoms with Gasteiger partial charge in [-0.15, -0.1) is 11.3 Å². The van der Waals surface area contributed by atoms with Crippen molar-refractivity contribution in [2.24, 2.45) is 5.73 Å². The van der Waals surface area contributed by atoms with E-state index in [2.05, 4.69) is 15.9 Å². The van der Waals surface area contributed by atoms with Crippen LogP contribution in [0, 0.1) is 0 Å². The Bertz CT molecular complexity index is 436. The lowest BCUT2D eigenvalue weighted by molar-refractivity contribution is 0.266. The van der Waals surface area contributed by atoms with Crippen molar-refractivity contribution in [2.75, 3.05) is 13.1 Å². The average molecular weight is 297 g/mol. The second kappa shape index (κ2) is 3.57. The number of hydrogen-bond acceptors (Lipinski definition) is 4. The summed E-state index contributed by atoms with van der Waals surface area (Å²) in [5.74, 6) is 0. The number of rotatable bonds is 2. The van der Waals surface area contributed by atoms with Crippen molar-refractivity contribution in [2.45, 2.75) is 10.3 Å².